The molecule has 0 bridgehead atoms. The third kappa shape index (κ3) is 4.84. The summed E-state index contributed by atoms with van der Waals surface area (Å²) in [7, 11) is 0. The van der Waals surface area contributed by atoms with Crippen LogP contribution in [0.5, 0.6) is 5.75 Å². The highest BCUT2D eigenvalue weighted by Gasteiger charge is 2.07. The molecule has 0 atom stereocenters. The van der Waals surface area contributed by atoms with Crippen molar-refractivity contribution in [2.75, 3.05) is 11.9 Å². The number of hydrogen-bond acceptors (Lipinski definition) is 4. The molecular weight excluding hydrogens is 374 g/mol. The third-order valence-electron chi connectivity index (χ3n) is 4.94. The fraction of sp³-hybridized carbons (Fsp3) is 0.364. The number of rotatable bonds is 9. The first-order valence-electron chi connectivity index (χ1n) is 9.79. The summed E-state index contributed by atoms with van der Waals surface area (Å²) >= 11 is 6.03. The van der Waals surface area contributed by atoms with Gasteiger partial charge in [0, 0.05) is 47.6 Å². The molecule has 148 valence electrons. The number of unbranched alkanes of at least 4 members (excludes halogenated alkanes) is 3. The molecule has 2 aromatic heterocycles. The molecular formula is C22H26ClN3O2. The van der Waals surface area contributed by atoms with Crippen LogP contribution in [0.3, 0.4) is 0 Å². The lowest BCUT2D eigenvalue weighted by Gasteiger charge is -2.13. The van der Waals surface area contributed by atoms with E-state index < -0.39 is 0 Å². The second-order valence-electron chi connectivity index (χ2n) is 6.88. The first-order chi connectivity index (χ1) is 13.6. The number of benzene rings is 1. The molecule has 0 spiro atoms. The Hall–Kier alpha value is -2.53. The summed E-state index contributed by atoms with van der Waals surface area (Å²) < 4.78 is 1.99. The van der Waals surface area contributed by atoms with Gasteiger partial charge in [0.25, 0.3) is 0 Å². The first kappa shape index (κ1) is 20.2. The Morgan fingerprint density at radius 3 is 2.79 bits per heavy atom. The van der Waals surface area contributed by atoms with E-state index in [2.05, 4.69) is 10.3 Å². The zero-order valence-electron chi connectivity index (χ0n) is 16.1. The Morgan fingerprint density at radius 2 is 1.96 bits per heavy atom. The van der Waals surface area contributed by atoms with E-state index in [0.717, 1.165) is 61.1 Å². The molecule has 2 N–H and O–H groups in total. The highest BCUT2D eigenvalue weighted by molar-refractivity contribution is 6.31. The lowest BCUT2D eigenvalue weighted by molar-refractivity contribution is 0.445. The van der Waals surface area contributed by atoms with Crippen molar-refractivity contribution in [3.05, 3.63) is 63.7 Å². The van der Waals surface area contributed by atoms with Gasteiger partial charge >= 0.3 is 0 Å². The van der Waals surface area contributed by atoms with Gasteiger partial charge in [0.05, 0.1) is 11.2 Å². The Morgan fingerprint density at radius 1 is 1.14 bits per heavy atom. The predicted octanol–water partition coefficient (Wildman–Crippen LogP) is 4.99. The fourth-order valence-corrected chi connectivity index (χ4v) is 3.61. The Balaban J connectivity index is 1.43. The van der Waals surface area contributed by atoms with E-state index in [4.69, 9.17) is 11.6 Å². The van der Waals surface area contributed by atoms with Gasteiger partial charge in [-0.2, -0.15) is 0 Å². The maximum atomic E-state index is 11.5. The molecule has 28 heavy (non-hydrogen) atoms. The van der Waals surface area contributed by atoms with Crippen LogP contribution in [-0.2, 0) is 13.0 Å². The van der Waals surface area contributed by atoms with Crippen LogP contribution in [0, 0.1) is 0 Å². The number of aryl methyl sites for hydroxylation is 1. The molecule has 0 aliphatic carbocycles. The molecule has 1 aromatic carbocycles. The van der Waals surface area contributed by atoms with E-state index >= 15 is 0 Å². The van der Waals surface area contributed by atoms with Gasteiger partial charge in [0.15, 0.2) is 5.75 Å². The summed E-state index contributed by atoms with van der Waals surface area (Å²) in [4.78, 5) is 15.9. The van der Waals surface area contributed by atoms with Gasteiger partial charge in [-0.1, -0.05) is 31.4 Å². The summed E-state index contributed by atoms with van der Waals surface area (Å²) in [6, 6.07) is 9.19. The van der Waals surface area contributed by atoms with Crippen LogP contribution in [0.15, 0.2) is 47.5 Å². The largest absolute Gasteiger partial charge is 0.503 e. The highest BCUT2D eigenvalue weighted by Crippen LogP contribution is 2.24. The molecule has 3 aromatic rings. The number of aromatic hydroxyl groups is 1. The second-order valence-corrected chi connectivity index (χ2v) is 7.32. The van der Waals surface area contributed by atoms with Gasteiger partial charge in [-0.25, -0.2) is 0 Å². The number of nitrogens with one attached hydrogen (secondary N) is 1. The van der Waals surface area contributed by atoms with Gasteiger partial charge in [0.1, 0.15) is 0 Å². The Kier molecular flexibility index (Phi) is 6.93. The van der Waals surface area contributed by atoms with Gasteiger partial charge < -0.3 is 15.0 Å². The van der Waals surface area contributed by atoms with Crippen molar-refractivity contribution >= 4 is 28.2 Å². The van der Waals surface area contributed by atoms with E-state index in [9.17, 15) is 9.90 Å². The smallest absolute Gasteiger partial charge is 0.223 e. The topological polar surface area (TPSA) is 67.2 Å². The molecule has 0 aliphatic heterocycles. The predicted molar refractivity (Wildman–Crippen MR) is 115 cm³/mol. The minimum absolute atomic E-state index is 0.111. The minimum atomic E-state index is -0.301. The average molecular weight is 400 g/mol. The van der Waals surface area contributed by atoms with Gasteiger partial charge in [0.2, 0.25) is 5.43 Å². The van der Waals surface area contributed by atoms with Crippen LogP contribution in [0.1, 0.15) is 38.3 Å². The number of aromatic nitrogens is 2. The Labute approximate surface area is 170 Å². The van der Waals surface area contributed by atoms with Crippen molar-refractivity contribution in [1.29, 1.82) is 0 Å². The normalized spacial score (nSPS) is 11.1. The van der Waals surface area contributed by atoms with Gasteiger partial charge in [-0.15, -0.1) is 0 Å². The minimum Gasteiger partial charge on any atom is -0.503 e. The van der Waals surface area contributed by atoms with Crippen molar-refractivity contribution in [2.24, 2.45) is 0 Å². The molecule has 0 unspecified atom stereocenters. The SMILES string of the molecule is CCc1c(O)c(=O)ccn1CCCCCCNc1ccnc2cc(Cl)ccc12. The number of halogens is 1. The summed E-state index contributed by atoms with van der Waals surface area (Å²) in [5.41, 5.74) is 2.40. The number of anilines is 1. The lowest BCUT2D eigenvalue weighted by atomic mass is 10.1. The summed E-state index contributed by atoms with van der Waals surface area (Å²) in [6.07, 6.45) is 8.55. The van der Waals surface area contributed by atoms with E-state index in [1.165, 1.54) is 6.07 Å². The average Bonchev–Trinajstić information content (AvgIpc) is 2.69. The van der Waals surface area contributed by atoms with Crippen molar-refractivity contribution in [3.63, 3.8) is 0 Å². The van der Waals surface area contributed by atoms with Crippen molar-refractivity contribution in [3.8, 4) is 5.75 Å². The molecule has 0 amide bonds. The zero-order chi connectivity index (χ0) is 19.9. The number of hydrogen-bond donors (Lipinski definition) is 2. The van der Waals surface area contributed by atoms with Crippen LogP contribution in [-0.4, -0.2) is 21.2 Å². The van der Waals surface area contributed by atoms with Crippen LogP contribution >= 0.6 is 11.6 Å². The zero-order valence-corrected chi connectivity index (χ0v) is 16.9. The molecule has 0 saturated heterocycles. The summed E-state index contributed by atoms with van der Waals surface area (Å²) in [6.45, 7) is 3.67. The van der Waals surface area contributed by atoms with Crippen LogP contribution in [0.25, 0.3) is 10.9 Å². The summed E-state index contributed by atoms with van der Waals surface area (Å²) in [5.74, 6) is -0.111. The van der Waals surface area contributed by atoms with Crippen molar-refractivity contribution in [2.45, 2.75) is 45.6 Å². The standard InChI is InChI=1S/C22H26ClN3O2/c1-2-20-22(28)21(27)10-14-26(20)13-6-4-3-5-11-24-18-9-12-25-19-15-16(23)7-8-17(18)19/h7-10,12,14-15,28H,2-6,11,13H2,1H3,(H,24,25). The fourth-order valence-electron chi connectivity index (χ4n) is 3.44. The third-order valence-corrected chi connectivity index (χ3v) is 5.18. The molecule has 2 heterocycles. The molecule has 5 nitrogen and oxygen atoms in total. The molecule has 3 rings (SSSR count). The molecule has 0 saturated carbocycles. The van der Waals surface area contributed by atoms with Crippen LogP contribution in [0.2, 0.25) is 5.02 Å². The van der Waals surface area contributed by atoms with E-state index in [1.807, 2.05) is 35.8 Å². The first-order valence-corrected chi connectivity index (χ1v) is 10.2. The van der Waals surface area contributed by atoms with Crippen molar-refractivity contribution in [1.82, 2.24) is 9.55 Å². The van der Waals surface area contributed by atoms with Gasteiger partial charge in [-0.3, -0.25) is 9.78 Å². The molecule has 6 heteroatoms. The number of nitrogens with zero attached hydrogens (tertiary/aromatic N) is 2. The van der Waals surface area contributed by atoms with E-state index in [1.54, 1.807) is 12.4 Å². The Bertz CT molecular complexity index is 1000. The lowest BCUT2D eigenvalue weighted by Crippen LogP contribution is -2.12. The quantitative estimate of drug-likeness (QED) is 0.497. The molecule has 0 aliphatic rings. The monoisotopic (exact) mass is 399 g/mol. The van der Waals surface area contributed by atoms with Crippen molar-refractivity contribution < 1.29 is 5.11 Å². The van der Waals surface area contributed by atoms with E-state index in [-0.39, 0.29) is 11.2 Å². The second kappa shape index (κ2) is 9.60. The van der Waals surface area contributed by atoms with Crippen LogP contribution < -0.4 is 10.7 Å². The number of pyridine rings is 2. The highest BCUT2D eigenvalue weighted by atomic mass is 35.5. The van der Waals surface area contributed by atoms with Crippen LogP contribution in [0.4, 0.5) is 5.69 Å². The summed E-state index contributed by atoms with van der Waals surface area (Å²) in [5, 5.41) is 15.2. The maximum absolute atomic E-state index is 11.5. The van der Waals surface area contributed by atoms with Gasteiger partial charge in [-0.05, 0) is 43.5 Å². The van der Waals surface area contributed by atoms with E-state index in [0.29, 0.717) is 11.4 Å². The number of fused-ring (bicyclic) bond motifs is 1. The molecule has 0 radical (unpaired) electrons. The maximum Gasteiger partial charge on any atom is 0.223 e. The molecule has 0 fully saturated rings.